The summed E-state index contributed by atoms with van der Waals surface area (Å²) in [4.78, 5) is 18.5. The number of hydrogen-bond donors (Lipinski definition) is 0. The van der Waals surface area contributed by atoms with E-state index in [0.717, 1.165) is 23.2 Å². The van der Waals surface area contributed by atoms with Crippen LogP contribution in [0.15, 0.2) is 88.3 Å². The minimum Gasteiger partial charge on any atom is -0.422 e. The molecular formula is C22H18N2O2. The Labute approximate surface area is 151 Å². The van der Waals surface area contributed by atoms with Gasteiger partial charge in [-0.1, -0.05) is 30.3 Å². The molecule has 4 nitrogen and oxygen atoms in total. The molecule has 0 amide bonds. The molecule has 0 saturated carbocycles. The minimum atomic E-state index is -0.341. The van der Waals surface area contributed by atoms with Gasteiger partial charge in [-0.3, -0.25) is 4.98 Å². The minimum absolute atomic E-state index is 0.341. The van der Waals surface area contributed by atoms with Crippen molar-refractivity contribution in [2.45, 2.75) is 6.54 Å². The van der Waals surface area contributed by atoms with E-state index < -0.39 is 0 Å². The maximum Gasteiger partial charge on any atom is 0.344 e. The van der Waals surface area contributed by atoms with E-state index in [4.69, 9.17) is 4.42 Å². The lowest BCUT2D eigenvalue weighted by molar-refractivity contribution is 0.563. The highest BCUT2D eigenvalue weighted by Crippen LogP contribution is 2.25. The number of anilines is 1. The zero-order chi connectivity index (χ0) is 17.9. The largest absolute Gasteiger partial charge is 0.422 e. The molecule has 0 atom stereocenters. The summed E-state index contributed by atoms with van der Waals surface area (Å²) in [5.41, 5.74) is 3.83. The van der Waals surface area contributed by atoms with Crippen molar-refractivity contribution in [1.82, 2.24) is 4.98 Å². The Bertz CT molecular complexity index is 1090. The van der Waals surface area contributed by atoms with Crippen molar-refractivity contribution in [1.29, 1.82) is 0 Å². The smallest absolute Gasteiger partial charge is 0.344 e. The average Bonchev–Trinajstić information content (AvgIpc) is 2.68. The van der Waals surface area contributed by atoms with Gasteiger partial charge in [0.2, 0.25) is 0 Å². The van der Waals surface area contributed by atoms with Crippen LogP contribution in [0.4, 0.5) is 5.69 Å². The van der Waals surface area contributed by atoms with E-state index in [1.54, 1.807) is 24.5 Å². The Morgan fingerprint density at radius 2 is 1.73 bits per heavy atom. The van der Waals surface area contributed by atoms with Crippen LogP contribution in [0.1, 0.15) is 5.56 Å². The molecule has 0 N–H and O–H groups in total. The highest BCUT2D eigenvalue weighted by Gasteiger charge is 2.10. The molecule has 4 aromatic rings. The lowest BCUT2D eigenvalue weighted by Gasteiger charge is -2.19. The van der Waals surface area contributed by atoms with Gasteiger partial charge >= 0.3 is 5.63 Å². The van der Waals surface area contributed by atoms with Crippen molar-refractivity contribution < 1.29 is 4.42 Å². The number of aromatic nitrogens is 1. The van der Waals surface area contributed by atoms with Crippen molar-refractivity contribution in [2.24, 2.45) is 0 Å². The van der Waals surface area contributed by atoms with Gasteiger partial charge in [0.1, 0.15) is 5.58 Å². The first-order chi connectivity index (χ1) is 12.7. The fourth-order valence-electron chi connectivity index (χ4n) is 3.02. The maximum absolute atomic E-state index is 12.4. The third kappa shape index (κ3) is 3.22. The van der Waals surface area contributed by atoms with Crippen LogP contribution in [-0.2, 0) is 6.54 Å². The summed E-state index contributed by atoms with van der Waals surface area (Å²) in [5.74, 6) is 0. The summed E-state index contributed by atoms with van der Waals surface area (Å²) < 4.78 is 5.59. The van der Waals surface area contributed by atoms with E-state index in [1.165, 1.54) is 5.56 Å². The molecular weight excluding hydrogens is 324 g/mol. The number of pyridine rings is 1. The zero-order valence-corrected chi connectivity index (χ0v) is 14.4. The Morgan fingerprint density at radius 1 is 0.962 bits per heavy atom. The molecule has 128 valence electrons. The summed E-state index contributed by atoms with van der Waals surface area (Å²) in [6, 6.07) is 21.7. The van der Waals surface area contributed by atoms with Crippen LogP contribution in [0.25, 0.3) is 22.1 Å². The molecule has 0 radical (unpaired) electrons. The monoisotopic (exact) mass is 342 g/mol. The number of rotatable bonds is 4. The van der Waals surface area contributed by atoms with Crippen LogP contribution in [-0.4, -0.2) is 12.0 Å². The van der Waals surface area contributed by atoms with Crippen molar-refractivity contribution in [3.63, 3.8) is 0 Å². The molecule has 2 aromatic carbocycles. The molecule has 4 heteroatoms. The van der Waals surface area contributed by atoms with Crippen molar-refractivity contribution in [2.75, 3.05) is 11.9 Å². The second kappa shape index (κ2) is 6.84. The van der Waals surface area contributed by atoms with Gasteiger partial charge in [-0.05, 0) is 41.5 Å². The fourth-order valence-corrected chi connectivity index (χ4v) is 3.02. The molecule has 0 aliphatic rings. The lowest BCUT2D eigenvalue weighted by atomic mass is 10.1. The predicted octanol–water partition coefficient (Wildman–Crippen LogP) is 4.49. The Kier molecular flexibility index (Phi) is 4.23. The van der Waals surface area contributed by atoms with Gasteiger partial charge in [0.05, 0.1) is 5.56 Å². The fraction of sp³-hybridized carbons (Fsp3) is 0.0909. The second-order valence-electron chi connectivity index (χ2n) is 6.25. The molecule has 0 saturated heterocycles. The van der Waals surface area contributed by atoms with Gasteiger partial charge in [-0.15, -0.1) is 0 Å². The van der Waals surface area contributed by atoms with Gasteiger partial charge in [-0.25, -0.2) is 4.79 Å². The van der Waals surface area contributed by atoms with Gasteiger partial charge in [0.25, 0.3) is 0 Å². The number of benzene rings is 2. The third-order valence-electron chi connectivity index (χ3n) is 4.41. The van der Waals surface area contributed by atoms with Crippen molar-refractivity contribution in [3.8, 4) is 11.1 Å². The first-order valence-corrected chi connectivity index (χ1v) is 8.44. The average molecular weight is 342 g/mol. The van der Waals surface area contributed by atoms with Crippen LogP contribution >= 0.6 is 0 Å². The molecule has 0 aliphatic carbocycles. The summed E-state index contributed by atoms with van der Waals surface area (Å²) in [6.07, 6.45) is 3.33. The highest BCUT2D eigenvalue weighted by atomic mass is 16.4. The lowest BCUT2D eigenvalue weighted by Crippen LogP contribution is -2.16. The molecule has 0 aliphatic heterocycles. The Hall–Kier alpha value is -3.40. The van der Waals surface area contributed by atoms with Gasteiger partial charge < -0.3 is 9.32 Å². The topological polar surface area (TPSA) is 46.3 Å². The van der Waals surface area contributed by atoms with E-state index in [0.29, 0.717) is 11.1 Å². The molecule has 0 spiro atoms. The number of fused-ring (bicyclic) bond motifs is 1. The normalized spacial score (nSPS) is 10.8. The number of nitrogens with zero attached hydrogens (tertiary/aromatic N) is 2. The van der Waals surface area contributed by atoms with E-state index in [2.05, 4.69) is 22.0 Å². The summed E-state index contributed by atoms with van der Waals surface area (Å²) >= 11 is 0. The van der Waals surface area contributed by atoms with E-state index in [9.17, 15) is 4.79 Å². The molecule has 0 bridgehead atoms. The second-order valence-corrected chi connectivity index (χ2v) is 6.25. The molecule has 2 aromatic heterocycles. The Morgan fingerprint density at radius 3 is 2.50 bits per heavy atom. The predicted molar refractivity (Wildman–Crippen MR) is 104 cm³/mol. The van der Waals surface area contributed by atoms with Crippen molar-refractivity contribution >= 4 is 16.7 Å². The van der Waals surface area contributed by atoms with Crippen LogP contribution in [0, 0.1) is 0 Å². The Balaban J connectivity index is 1.69. The maximum atomic E-state index is 12.4. The quantitative estimate of drug-likeness (QED) is 0.513. The van der Waals surface area contributed by atoms with Crippen LogP contribution in [0.5, 0.6) is 0 Å². The van der Waals surface area contributed by atoms with E-state index in [-0.39, 0.29) is 5.63 Å². The summed E-state index contributed by atoms with van der Waals surface area (Å²) in [6.45, 7) is 0.783. The van der Waals surface area contributed by atoms with Crippen LogP contribution in [0.3, 0.4) is 0 Å². The SMILES string of the molecule is CN(Cc1ccccc1)c1ccc2cc(-c3ccncc3)c(=O)oc2c1. The van der Waals surface area contributed by atoms with E-state index in [1.807, 2.05) is 49.5 Å². The van der Waals surface area contributed by atoms with Gasteiger partial charge in [0.15, 0.2) is 0 Å². The molecule has 0 unspecified atom stereocenters. The summed E-state index contributed by atoms with van der Waals surface area (Å²) in [7, 11) is 2.03. The van der Waals surface area contributed by atoms with E-state index >= 15 is 0 Å². The molecule has 26 heavy (non-hydrogen) atoms. The molecule has 2 heterocycles. The highest BCUT2D eigenvalue weighted by molar-refractivity contribution is 5.84. The molecule has 0 fully saturated rings. The standard InChI is InChI=1S/C22H18N2O2/c1-24(15-16-5-3-2-4-6-16)19-8-7-18-13-20(17-9-11-23-12-10-17)22(25)26-21(18)14-19/h2-14H,15H2,1H3. The van der Waals surface area contributed by atoms with Gasteiger partial charge in [0, 0.05) is 43.1 Å². The summed E-state index contributed by atoms with van der Waals surface area (Å²) in [5, 5.41) is 0.897. The van der Waals surface area contributed by atoms with Crippen LogP contribution < -0.4 is 10.5 Å². The van der Waals surface area contributed by atoms with Crippen molar-refractivity contribution in [3.05, 3.63) is 95.1 Å². The van der Waals surface area contributed by atoms with Crippen LogP contribution in [0.2, 0.25) is 0 Å². The first-order valence-electron chi connectivity index (χ1n) is 8.44. The van der Waals surface area contributed by atoms with Gasteiger partial charge in [-0.2, -0.15) is 0 Å². The third-order valence-corrected chi connectivity index (χ3v) is 4.41. The first kappa shape index (κ1) is 16.1. The number of hydrogen-bond acceptors (Lipinski definition) is 4. The molecule has 4 rings (SSSR count). The zero-order valence-electron chi connectivity index (χ0n) is 14.4.